The summed E-state index contributed by atoms with van der Waals surface area (Å²) in [5.41, 5.74) is 0. The molecule has 0 bridgehead atoms. The quantitative estimate of drug-likeness (QED) is 0.755. The van der Waals surface area contributed by atoms with E-state index < -0.39 is 24.9 Å². The lowest BCUT2D eigenvalue weighted by Gasteiger charge is -2.37. The minimum atomic E-state index is -4.39. The zero-order valence-corrected chi connectivity index (χ0v) is 10.8. The molecule has 0 radical (unpaired) electrons. The lowest BCUT2D eigenvalue weighted by Crippen LogP contribution is -2.62. The second kappa shape index (κ2) is 6.23. The van der Waals surface area contributed by atoms with Gasteiger partial charge in [0, 0.05) is 6.54 Å². The molecule has 1 fully saturated rings. The lowest BCUT2D eigenvalue weighted by atomic mass is 10.1. The van der Waals surface area contributed by atoms with E-state index in [1.165, 1.54) is 11.8 Å². The summed E-state index contributed by atoms with van der Waals surface area (Å²) in [4.78, 5) is 24.8. The van der Waals surface area contributed by atoms with Crippen LogP contribution in [0.5, 0.6) is 0 Å². The molecule has 1 rings (SSSR count). The van der Waals surface area contributed by atoms with Crippen molar-refractivity contribution in [2.24, 2.45) is 0 Å². The first-order chi connectivity index (χ1) is 8.76. The first kappa shape index (κ1) is 15.7. The second-order valence-corrected chi connectivity index (χ2v) is 4.34. The maximum absolute atomic E-state index is 11.9. The van der Waals surface area contributed by atoms with Gasteiger partial charge in [0.1, 0.15) is 18.7 Å². The van der Waals surface area contributed by atoms with E-state index in [1.54, 1.807) is 6.92 Å². The molecule has 0 aromatic carbocycles. The van der Waals surface area contributed by atoms with Gasteiger partial charge in [0.15, 0.2) is 0 Å². The van der Waals surface area contributed by atoms with Gasteiger partial charge in [-0.3, -0.25) is 9.59 Å². The Labute approximate surface area is 109 Å². The average molecular weight is 282 g/mol. The van der Waals surface area contributed by atoms with Crippen molar-refractivity contribution in [2.75, 3.05) is 19.8 Å². The molecule has 2 amide bonds. The van der Waals surface area contributed by atoms with E-state index in [9.17, 15) is 22.8 Å². The number of ether oxygens (including phenoxy) is 1. The van der Waals surface area contributed by atoms with Crippen LogP contribution in [-0.2, 0) is 14.3 Å². The number of nitrogens with one attached hydrogen (secondary N) is 1. The molecule has 1 aliphatic rings. The van der Waals surface area contributed by atoms with Crippen LogP contribution in [-0.4, -0.2) is 54.7 Å². The number of rotatable bonds is 5. The van der Waals surface area contributed by atoms with Gasteiger partial charge in [-0.15, -0.1) is 0 Å². The zero-order chi connectivity index (χ0) is 14.6. The number of halogens is 3. The smallest absolute Gasteiger partial charge is 0.370 e. The van der Waals surface area contributed by atoms with Crippen LogP contribution in [0.15, 0.2) is 0 Å². The summed E-state index contributed by atoms with van der Waals surface area (Å²) in [6.07, 6.45) is -3.95. The van der Waals surface area contributed by atoms with Gasteiger partial charge in [-0.05, 0) is 13.3 Å². The highest BCUT2D eigenvalue weighted by molar-refractivity contribution is 5.96. The topological polar surface area (TPSA) is 58.6 Å². The summed E-state index contributed by atoms with van der Waals surface area (Å²) in [5.74, 6) is -0.590. The molecule has 8 heteroatoms. The maximum atomic E-state index is 11.9. The van der Waals surface area contributed by atoms with Gasteiger partial charge in [-0.1, -0.05) is 6.92 Å². The Balaban J connectivity index is 2.50. The number of alkyl halides is 3. The molecule has 0 aromatic rings. The molecule has 19 heavy (non-hydrogen) atoms. The van der Waals surface area contributed by atoms with Gasteiger partial charge < -0.3 is 15.0 Å². The molecule has 0 spiro atoms. The Morgan fingerprint density at radius 1 is 1.37 bits per heavy atom. The molecule has 1 saturated heterocycles. The van der Waals surface area contributed by atoms with Crippen molar-refractivity contribution in [1.29, 1.82) is 0 Å². The van der Waals surface area contributed by atoms with Crippen LogP contribution in [0.3, 0.4) is 0 Å². The maximum Gasteiger partial charge on any atom is 0.411 e. The highest BCUT2D eigenvalue weighted by atomic mass is 19.4. The summed E-state index contributed by atoms with van der Waals surface area (Å²) in [6.45, 7) is 1.64. The van der Waals surface area contributed by atoms with Crippen molar-refractivity contribution in [3.63, 3.8) is 0 Å². The van der Waals surface area contributed by atoms with E-state index >= 15 is 0 Å². The molecule has 0 aromatic heterocycles. The van der Waals surface area contributed by atoms with Gasteiger partial charge in [0.25, 0.3) is 0 Å². The van der Waals surface area contributed by atoms with E-state index in [-0.39, 0.29) is 25.0 Å². The molecule has 1 N–H and O–H groups in total. The standard InChI is InChI=1S/C11H17F3N2O3/c1-3-8-10(18)16(7(2)9(17)15-8)4-5-19-6-11(12,13)14/h7-8H,3-6H2,1-2H3,(H,15,17). The van der Waals surface area contributed by atoms with Gasteiger partial charge >= 0.3 is 6.18 Å². The van der Waals surface area contributed by atoms with Crippen LogP contribution in [0.4, 0.5) is 13.2 Å². The number of hydrogen-bond donors (Lipinski definition) is 1. The third kappa shape index (κ3) is 4.38. The summed E-state index contributed by atoms with van der Waals surface area (Å²) in [6, 6.07) is -1.30. The first-order valence-electron chi connectivity index (χ1n) is 6.01. The normalized spacial score (nSPS) is 24.6. The van der Waals surface area contributed by atoms with Crippen molar-refractivity contribution in [3.8, 4) is 0 Å². The van der Waals surface area contributed by atoms with Crippen LogP contribution >= 0.6 is 0 Å². The summed E-state index contributed by atoms with van der Waals surface area (Å²) in [7, 11) is 0. The number of carbonyl (C=O) groups excluding carboxylic acids is 2. The van der Waals surface area contributed by atoms with Crippen molar-refractivity contribution in [1.82, 2.24) is 10.2 Å². The van der Waals surface area contributed by atoms with Crippen molar-refractivity contribution < 1.29 is 27.5 Å². The first-order valence-corrected chi connectivity index (χ1v) is 6.01. The Bertz CT molecular complexity index is 347. The van der Waals surface area contributed by atoms with E-state index in [0.29, 0.717) is 6.42 Å². The average Bonchev–Trinajstić information content (AvgIpc) is 2.31. The molecular formula is C11H17F3N2O3. The number of nitrogens with zero attached hydrogens (tertiary/aromatic N) is 1. The highest BCUT2D eigenvalue weighted by Crippen LogP contribution is 2.15. The van der Waals surface area contributed by atoms with Gasteiger partial charge in [0.2, 0.25) is 11.8 Å². The fourth-order valence-corrected chi connectivity index (χ4v) is 1.82. The van der Waals surface area contributed by atoms with Crippen molar-refractivity contribution in [2.45, 2.75) is 38.5 Å². The largest absolute Gasteiger partial charge is 0.411 e. The van der Waals surface area contributed by atoms with Crippen molar-refractivity contribution >= 4 is 11.8 Å². The predicted octanol–water partition coefficient (Wildman–Crippen LogP) is 0.691. The number of carbonyl (C=O) groups is 2. The highest BCUT2D eigenvalue weighted by Gasteiger charge is 2.37. The van der Waals surface area contributed by atoms with E-state index in [1.807, 2.05) is 0 Å². The lowest BCUT2D eigenvalue weighted by molar-refractivity contribution is -0.176. The third-order valence-electron chi connectivity index (χ3n) is 2.90. The van der Waals surface area contributed by atoms with E-state index in [2.05, 4.69) is 10.1 Å². The second-order valence-electron chi connectivity index (χ2n) is 4.34. The van der Waals surface area contributed by atoms with Gasteiger partial charge in [0.05, 0.1) is 6.61 Å². The molecule has 5 nitrogen and oxygen atoms in total. The monoisotopic (exact) mass is 282 g/mol. The third-order valence-corrected chi connectivity index (χ3v) is 2.90. The number of amides is 2. The van der Waals surface area contributed by atoms with Crippen LogP contribution < -0.4 is 5.32 Å². The predicted molar refractivity (Wildman–Crippen MR) is 60.3 cm³/mol. The number of piperazine rings is 1. The zero-order valence-electron chi connectivity index (χ0n) is 10.8. The molecule has 0 saturated carbocycles. The Morgan fingerprint density at radius 3 is 2.53 bits per heavy atom. The molecule has 110 valence electrons. The van der Waals surface area contributed by atoms with E-state index in [4.69, 9.17) is 0 Å². The molecule has 2 atom stereocenters. The fraction of sp³-hybridized carbons (Fsp3) is 0.818. The minimum Gasteiger partial charge on any atom is -0.370 e. The minimum absolute atomic E-state index is 0.0278. The molecule has 0 aliphatic carbocycles. The molecule has 1 aliphatic heterocycles. The van der Waals surface area contributed by atoms with Crippen molar-refractivity contribution in [3.05, 3.63) is 0 Å². The Kier molecular flexibility index (Phi) is 5.16. The number of hydrogen-bond acceptors (Lipinski definition) is 3. The van der Waals surface area contributed by atoms with Gasteiger partial charge in [-0.25, -0.2) is 0 Å². The SMILES string of the molecule is CCC1NC(=O)C(C)N(CCOCC(F)(F)F)C1=O. The Morgan fingerprint density at radius 2 is 2.00 bits per heavy atom. The summed E-state index contributed by atoms with van der Waals surface area (Å²) in [5, 5.41) is 2.56. The summed E-state index contributed by atoms with van der Waals surface area (Å²) >= 11 is 0. The van der Waals surface area contributed by atoms with Crippen LogP contribution in [0, 0.1) is 0 Å². The van der Waals surface area contributed by atoms with Crippen LogP contribution in [0.2, 0.25) is 0 Å². The fourth-order valence-electron chi connectivity index (χ4n) is 1.82. The van der Waals surface area contributed by atoms with Crippen LogP contribution in [0.25, 0.3) is 0 Å². The Hall–Kier alpha value is -1.31. The molecular weight excluding hydrogens is 265 g/mol. The molecule has 1 heterocycles. The van der Waals surface area contributed by atoms with Gasteiger partial charge in [-0.2, -0.15) is 13.2 Å². The van der Waals surface area contributed by atoms with Crippen LogP contribution in [0.1, 0.15) is 20.3 Å². The molecule has 2 unspecified atom stereocenters. The van der Waals surface area contributed by atoms with E-state index in [0.717, 1.165) is 0 Å². The summed E-state index contributed by atoms with van der Waals surface area (Å²) < 4.78 is 40.1.